The van der Waals surface area contributed by atoms with Crippen molar-refractivity contribution in [2.75, 3.05) is 5.06 Å². The Labute approximate surface area is 119 Å². The Bertz CT molecular complexity index is 579. The Hall–Kier alpha value is -1.91. The van der Waals surface area contributed by atoms with Crippen LogP contribution in [0.15, 0.2) is 65.1 Å². The van der Waals surface area contributed by atoms with Gasteiger partial charge in [0.25, 0.3) is 5.91 Å². The second-order valence-electron chi connectivity index (χ2n) is 3.87. The highest BCUT2D eigenvalue weighted by Gasteiger charge is 2.09. The maximum atomic E-state index is 11.8. The number of carbonyl (C=O) groups is 1. The molecule has 96 valence electrons. The normalized spacial score (nSPS) is 10.6. The average molecular weight is 318 g/mol. The van der Waals surface area contributed by atoms with E-state index in [1.54, 1.807) is 30.3 Å². The van der Waals surface area contributed by atoms with E-state index in [9.17, 15) is 10.0 Å². The predicted octanol–water partition coefficient (Wildman–Crippen LogP) is 3.88. The molecule has 0 saturated heterocycles. The summed E-state index contributed by atoms with van der Waals surface area (Å²) >= 11 is 3.29. The van der Waals surface area contributed by atoms with Gasteiger partial charge in [-0.15, -0.1) is 0 Å². The molecular weight excluding hydrogens is 306 g/mol. The number of hydrogen-bond donors (Lipinski definition) is 1. The van der Waals surface area contributed by atoms with E-state index in [4.69, 9.17) is 0 Å². The number of halogens is 1. The topological polar surface area (TPSA) is 40.5 Å². The summed E-state index contributed by atoms with van der Waals surface area (Å²) in [6.07, 6.45) is 2.99. The number of hydroxylamine groups is 1. The third-order valence-corrected chi connectivity index (χ3v) is 3.03. The summed E-state index contributed by atoms with van der Waals surface area (Å²) < 4.78 is 0.886. The molecule has 0 aliphatic rings. The largest absolute Gasteiger partial charge is 0.281 e. The fourth-order valence-electron chi connectivity index (χ4n) is 1.51. The number of hydrogen-bond acceptors (Lipinski definition) is 2. The molecule has 19 heavy (non-hydrogen) atoms. The second kappa shape index (κ2) is 6.31. The minimum Gasteiger partial charge on any atom is -0.281 e. The van der Waals surface area contributed by atoms with Gasteiger partial charge in [0.2, 0.25) is 0 Å². The molecule has 0 bridgehead atoms. The number of carbonyl (C=O) groups excluding carboxylic acids is 1. The van der Waals surface area contributed by atoms with E-state index in [0.717, 1.165) is 10.0 Å². The summed E-state index contributed by atoms with van der Waals surface area (Å²) in [4.78, 5) is 11.8. The number of anilines is 1. The van der Waals surface area contributed by atoms with E-state index >= 15 is 0 Å². The van der Waals surface area contributed by atoms with Crippen molar-refractivity contribution in [3.8, 4) is 0 Å². The van der Waals surface area contributed by atoms with Gasteiger partial charge in [0, 0.05) is 10.5 Å². The number of nitrogens with zero attached hydrogens (tertiary/aromatic N) is 1. The Balaban J connectivity index is 2.07. The van der Waals surface area contributed by atoms with Gasteiger partial charge in [-0.2, -0.15) is 5.06 Å². The van der Waals surface area contributed by atoms with Crippen molar-refractivity contribution in [2.24, 2.45) is 0 Å². The van der Waals surface area contributed by atoms with Gasteiger partial charge in [-0.05, 0) is 35.9 Å². The van der Waals surface area contributed by atoms with E-state index in [1.807, 2.05) is 30.3 Å². The fraction of sp³-hybridized carbons (Fsp3) is 0. The Morgan fingerprint density at radius 3 is 2.32 bits per heavy atom. The molecule has 0 atom stereocenters. The monoisotopic (exact) mass is 317 g/mol. The number of rotatable bonds is 3. The van der Waals surface area contributed by atoms with Gasteiger partial charge in [0.1, 0.15) is 0 Å². The van der Waals surface area contributed by atoms with Crippen LogP contribution in [0, 0.1) is 0 Å². The van der Waals surface area contributed by atoms with Gasteiger partial charge in [-0.1, -0.05) is 46.3 Å². The molecule has 0 spiro atoms. The summed E-state index contributed by atoms with van der Waals surface area (Å²) in [6, 6.07) is 16.2. The van der Waals surface area contributed by atoms with Crippen molar-refractivity contribution < 1.29 is 10.0 Å². The van der Waals surface area contributed by atoms with Crippen LogP contribution < -0.4 is 5.06 Å². The van der Waals surface area contributed by atoms with E-state index in [0.29, 0.717) is 10.8 Å². The van der Waals surface area contributed by atoms with E-state index < -0.39 is 5.91 Å². The Morgan fingerprint density at radius 1 is 1.05 bits per heavy atom. The molecule has 0 aliphatic carbocycles. The van der Waals surface area contributed by atoms with Gasteiger partial charge >= 0.3 is 0 Å². The summed E-state index contributed by atoms with van der Waals surface area (Å²) in [6.45, 7) is 0. The standard InChI is InChI=1S/C15H12BrNO2/c16-13-7-9-14(10-8-13)17(19)15(18)11-6-12-4-2-1-3-5-12/h1-11,19H/b11-6+. The fourth-order valence-corrected chi connectivity index (χ4v) is 1.78. The molecule has 0 saturated carbocycles. The SMILES string of the molecule is O=C(/C=C/c1ccccc1)N(O)c1ccc(Br)cc1. The Morgan fingerprint density at radius 2 is 1.68 bits per heavy atom. The first kappa shape index (κ1) is 13.5. The van der Waals surface area contributed by atoms with Gasteiger partial charge in [-0.3, -0.25) is 10.0 Å². The molecule has 2 rings (SSSR count). The van der Waals surface area contributed by atoms with Crippen LogP contribution in [0.1, 0.15) is 5.56 Å². The molecule has 1 N–H and O–H groups in total. The summed E-state index contributed by atoms with van der Waals surface area (Å²) in [5.41, 5.74) is 1.32. The molecule has 0 radical (unpaired) electrons. The lowest BCUT2D eigenvalue weighted by Crippen LogP contribution is -2.24. The molecule has 0 unspecified atom stereocenters. The zero-order valence-electron chi connectivity index (χ0n) is 10.0. The molecule has 2 aromatic rings. The zero-order valence-corrected chi connectivity index (χ0v) is 11.6. The van der Waals surface area contributed by atoms with Crippen molar-refractivity contribution in [1.29, 1.82) is 0 Å². The van der Waals surface area contributed by atoms with E-state index in [1.165, 1.54) is 6.08 Å². The maximum Gasteiger partial charge on any atom is 0.274 e. The lowest BCUT2D eigenvalue weighted by atomic mass is 10.2. The third-order valence-electron chi connectivity index (χ3n) is 2.50. The van der Waals surface area contributed by atoms with Crippen LogP contribution in [-0.2, 0) is 4.79 Å². The summed E-state index contributed by atoms with van der Waals surface area (Å²) in [7, 11) is 0. The van der Waals surface area contributed by atoms with Crippen molar-refractivity contribution in [3.05, 3.63) is 70.7 Å². The van der Waals surface area contributed by atoms with Crippen molar-refractivity contribution in [2.45, 2.75) is 0 Å². The molecule has 0 aromatic heterocycles. The molecule has 0 fully saturated rings. The molecule has 0 heterocycles. The van der Waals surface area contributed by atoms with Crippen LogP contribution in [0.2, 0.25) is 0 Å². The molecule has 1 amide bonds. The van der Waals surface area contributed by atoms with Gasteiger partial charge < -0.3 is 0 Å². The average Bonchev–Trinajstić information content (AvgIpc) is 2.46. The van der Waals surface area contributed by atoms with Crippen molar-refractivity contribution >= 4 is 33.6 Å². The van der Waals surface area contributed by atoms with Gasteiger partial charge in [0.15, 0.2) is 0 Å². The minimum absolute atomic E-state index is 0.422. The maximum absolute atomic E-state index is 11.8. The number of amides is 1. The van der Waals surface area contributed by atoms with Crippen LogP contribution in [0.4, 0.5) is 5.69 Å². The first-order valence-electron chi connectivity index (χ1n) is 5.68. The van der Waals surface area contributed by atoms with Gasteiger partial charge in [0.05, 0.1) is 5.69 Å². The lowest BCUT2D eigenvalue weighted by molar-refractivity contribution is -0.118. The van der Waals surface area contributed by atoms with Crippen LogP contribution in [0.5, 0.6) is 0 Å². The van der Waals surface area contributed by atoms with E-state index in [2.05, 4.69) is 15.9 Å². The second-order valence-corrected chi connectivity index (χ2v) is 4.79. The molecule has 4 heteroatoms. The Kier molecular flexibility index (Phi) is 4.49. The van der Waals surface area contributed by atoms with Crippen LogP contribution in [-0.4, -0.2) is 11.1 Å². The zero-order chi connectivity index (χ0) is 13.7. The van der Waals surface area contributed by atoms with Crippen LogP contribution in [0.3, 0.4) is 0 Å². The number of benzene rings is 2. The highest BCUT2D eigenvalue weighted by Crippen LogP contribution is 2.17. The highest BCUT2D eigenvalue weighted by molar-refractivity contribution is 9.10. The molecule has 0 aliphatic heterocycles. The molecule has 3 nitrogen and oxygen atoms in total. The van der Waals surface area contributed by atoms with E-state index in [-0.39, 0.29) is 0 Å². The predicted molar refractivity (Wildman–Crippen MR) is 78.9 cm³/mol. The first-order valence-corrected chi connectivity index (χ1v) is 6.48. The van der Waals surface area contributed by atoms with Gasteiger partial charge in [-0.25, -0.2) is 0 Å². The first-order chi connectivity index (χ1) is 9.16. The van der Waals surface area contributed by atoms with Crippen molar-refractivity contribution in [3.63, 3.8) is 0 Å². The minimum atomic E-state index is -0.494. The molecular formula is C15H12BrNO2. The van der Waals surface area contributed by atoms with Crippen LogP contribution >= 0.6 is 15.9 Å². The van der Waals surface area contributed by atoms with Crippen LogP contribution in [0.25, 0.3) is 6.08 Å². The quantitative estimate of drug-likeness (QED) is 0.530. The van der Waals surface area contributed by atoms with Crippen molar-refractivity contribution in [1.82, 2.24) is 0 Å². The molecule has 2 aromatic carbocycles. The highest BCUT2D eigenvalue weighted by atomic mass is 79.9. The lowest BCUT2D eigenvalue weighted by Gasteiger charge is -2.12. The third kappa shape index (κ3) is 3.77. The summed E-state index contributed by atoms with van der Waals surface area (Å²) in [5.74, 6) is -0.494. The summed E-state index contributed by atoms with van der Waals surface area (Å²) in [5, 5.41) is 10.4. The smallest absolute Gasteiger partial charge is 0.274 e.